The van der Waals surface area contributed by atoms with Gasteiger partial charge in [-0.25, -0.2) is 0 Å². The smallest absolute Gasteiger partial charge is 0.419 e. The van der Waals surface area contributed by atoms with Crippen LogP contribution in [-0.2, 0) is 9.53 Å². The zero-order valence-corrected chi connectivity index (χ0v) is 7.87. The Labute approximate surface area is 77.5 Å². The van der Waals surface area contributed by atoms with E-state index in [-0.39, 0.29) is 6.61 Å². The summed E-state index contributed by atoms with van der Waals surface area (Å²) in [6.07, 6.45) is 0.429. The van der Waals surface area contributed by atoms with E-state index in [1.165, 1.54) is 7.05 Å². The molecule has 0 bridgehead atoms. The summed E-state index contributed by atoms with van der Waals surface area (Å²) in [5, 5.41) is 0. The van der Waals surface area contributed by atoms with Crippen LogP contribution in [-0.4, -0.2) is 30.2 Å². The van der Waals surface area contributed by atoms with Crippen molar-refractivity contribution < 1.29 is 18.9 Å². The standard InChI is InChI=1S/C8H14N2O3/c1-5-7(11)9-10(3,4)8(12)13-6-2/h5H,1,3,6H2,2,4H3,(H,9,11)/q+1. The van der Waals surface area contributed by atoms with Crippen molar-refractivity contribution in [1.29, 1.82) is 0 Å². The maximum atomic E-state index is 11.2. The molecule has 0 aromatic carbocycles. The summed E-state index contributed by atoms with van der Waals surface area (Å²) in [6.45, 7) is 5.16. The Balaban J connectivity index is 4.29. The van der Waals surface area contributed by atoms with E-state index in [1.807, 2.05) is 0 Å². The topological polar surface area (TPSA) is 55.4 Å². The molecule has 0 rings (SSSR count). The third-order valence-electron chi connectivity index (χ3n) is 1.21. The van der Waals surface area contributed by atoms with E-state index >= 15 is 0 Å². The van der Waals surface area contributed by atoms with Gasteiger partial charge in [0.25, 0.3) is 5.91 Å². The minimum atomic E-state index is -0.627. The van der Waals surface area contributed by atoms with Crippen molar-refractivity contribution in [3.63, 3.8) is 0 Å². The molecule has 0 heterocycles. The molecule has 1 N–H and O–H groups in total. The zero-order valence-electron chi connectivity index (χ0n) is 7.87. The molecular weight excluding hydrogens is 172 g/mol. The van der Waals surface area contributed by atoms with E-state index in [0.717, 1.165) is 6.08 Å². The fraction of sp³-hybridized carbons (Fsp3) is 0.375. The molecule has 0 saturated carbocycles. The number of nitrogens with zero attached hydrogens (tertiary/aromatic N) is 1. The summed E-state index contributed by atoms with van der Waals surface area (Å²) in [7, 11) is 4.86. The van der Waals surface area contributed by atoms with E-state index in [0.29, 0.717) is 0 Å². The lowest BCUT2D eigenvalue weighted by Gasteiger charge is -2.22. The van der Waals surface area contributed by atoms with Crippen molar-refractivity contribution in [1.82, 2.24) is 5.43 Å². The van der Waals surface area contributed by atoms with Gasteiger partial charge in [0.05, 0.1) is 6.61 Å². The molecule has 1 atom stereocenters. The van der Waals surface area contributed by atoms with E-state index in [9.17, 15) is 9.59 Å². The maximum absolute atomic E-state index is 11.2. The number of carbonyl (C=O) groups excluding carboxylic acids is 2. The highest BCUT2D eigenvalue weighted by molar-refractivity contribution is 5.86. The van der Waals surface area contributed by atoms with Gasteiger partial charge in [-0.3, -0.25) is 4.79 Å². The van der Waals surface area contributed by atoms with Crippen LogP contribution in [0.2, 0.25) is 0 Å². The van der Waals surface area contributed by atoms with Crippen LogP contribution in [0.25, 0.3) is 0 Å². The molecule has 0 aliphatic carbocycles. The third kappa shape index (κ3) is 3.71. The van der Waals surface area contributed by atoms with Crippen LogP contribution in [0.15, 0.2) is 12.7 Å². The monoisotopic (exact) mass is 186 g/mol. The van der Waals surface area contributed by atoms with Gasteiger partial charge in [0.1, 0.15) is 7.05 Å². The van der Waals surface area contributed by atoms with E-state index in [4.69, 9.17) is 0 Å². The van der Waals surface area contributed by atoms with Crippen molar-refractivity contribution in [2.45, 2.75) is 6.92 Å². The second-order valence-corrected chi connectivity index (χ2v) is 2.57. The highest BCUT2D eigenvalue weighted by Crippen LogP contribution is 1.98. The predicted molar refractivity (Wildman–Crippen MR) is 46.9 cm³/mol. The Morgan fingerprint density at radius 3 is 2.54 bits per heavy atom. The largest absolute Gasteiger partial charge is 0.541 e. The highest BCUT2D eigenvalue weighted by atomic mass is 16.6. The molecule has 0 saturated heterocycles. The Kier molecular flexibility index (Phi) is 4.13. The van der Waals surface area contributed by atoms with Gasteiger partial charge in [-0.1, -0.05) is 6.58 Å². The lowest BCUT2D eigenvalue weighted by Crippen LogP contribution is -2.56. The number of ether oxygens (including phenoxy) is 1. The van der Waals surface area contributed by atoms with Gasteiger partial charge >= 0.3 is 6.09 Å². The fourth-order valence-corrected chi connectivity index (χ4v) is 0.600. The number of hydrogen-bond donors (Lipinski definition) is 1. The summed E-state index contributed by atoms with van der Waals surface area (Å²) in [5.41, 5.74) is 2.29. The van der Waals surface area contributed by atoms with Crippen LogP contribution in [0.3, 0.4) is 0 Å². The lowest BCUT2D eigenvalue weighted by atomic mass is 10.6. The van der Waals surface area contributed by atoms with Crippen molar-refractivity contribution in [3.8, 4) is 0 Å². The molecule has 0 aliphatic rings. The van der Waals surface area contributed by atoms with Crippen LogP contribution in [0, 0.1) is 7.05 Å². The molecule has 13 heavy (non-hydrogen) atoms. The Hall–Kier alpha value is -1.36. The van der Waals surface area contributed by atoms with Gasteiger partial charge in [0, 0.05) is 6.08 Å². The van der Waals surface area contributed by atoms with Gasteiger partial charge in [-0.05, 0) is 6.92 Å². The van der Waals surface area contributed by atoms with Gasteiger partial charge < -0.3 is 4.74 Å². The zero-order chi connectivity index (χ0) is 10.5. The first kappa shape index (κ1) is 11.6. The predicted octanol–water partition coefficient (Wildman–Crippen LogP) is 0.598. The second-order valence-electron chi connectivity index (χ2n) is 2.57. The molecule has 1 radical (unpaired) electrons. The van der Waals surface area contributed by atoms with Crippen molar-refractivity contribution in [2.24, 2.45) is 0 Å². The van der Waals surface area contributed by atoms with Crippen LogP contribution < -0.4 is 5.43 Å². The SMILES string of the molecule is [CH2][N+](C)(NC(=O)C=C)C(=O)OCC. The van der Waals surface area contributed by atoms with Crippen LogP contribution in [0.4, 0.5) is 4.79 Å². The number of carbonyl (C=O) groups is 2. The molecule has 0 fully saturated rings. The van der Waals surface area contributed by atoms with Crippen molar-refractivity contribution >= 4 is 12.0 Å². The molecule has 0 aromatic heterocycles. The molecule has 0 spiro atoms. The average molecular weight is 186 g/mol. The first-order chi connectivity index (χ1) is 5.94. The molecule has 0 aromatic rings. The van der Waals surface area contributed by atoms with E-state index in [1.54, 1.807) is 6.92 Å². The molecule has 2 amide bonds. The van der Waals surface area contributed by atoms with Gasteiger partial charge in [0.15, 0.2) is 7.05 Å². The van der Waals surface area contributed by atoms with Gasteiger partial charge in [-0.15, -0.1) is 4.59 Å². The molecular formula is C8H14N2O3+. The van der Waals surface area contributed by atoms with E-state index in [2.05, 4.69) is 23.8 Å². The molecule has 0 aliphatic heterocycles. The fourth-order valence-electron chi connectivity index (χ4n) is 0.600. The Bertz CT molecular complexity index is 223. The second kappa shape index (κ2) is 4.61. The molecule has 73 valence electrons. The number of rotatable bonds is 2. The number of quaternary nitrogens is 1. The summed E-state index contributed by atoms with van der Waals surface area (Å²) in [5.74, 6) is -0.481. The molecule has 1 unspecified atom stereocenters. The number of hydrogen-bond acceptors (Lipinski definition) is 3. The Morgan fingerprint density at radius 1 is 1.62 bits per heavy atom. The molecule has 5 nitrogen and oxygen atoms in total. The van der Waals surface area contributed by atoms with Crippen LogP contribution in [0.1, 0.15) is 6.92 Å². The highest BCUT2D eigenvalue weighted by Gasteiger charge is 2.30. The first-order valence-corrected chi connectivity index (χ1v) is 3.77. The van der Waals surface area contributed by atoms with Gasteiger partial charge in [0.2, 0.25) is 0 Å². The quantitative estimate of drug-likeness (QED) is 0.390. The minimum absolute atomic E-state index is 0.242. The number of amides is 2. The Morgan fingerprint density at radius 2 is 2.15 bits per heavy atom. The minimum Gasteiger partial charge on any atom is -0.419 e. The van der Waals surface area contributed by atoms with Gasteiger partial charge in [-0.2, -0.15) is 10.2 Å². The number of nitrogens with one attached hydrogen (secondary N) is 1. The first-order valence-electron chi connectivity index (χ1n) is 3.77. The molecule has 5 heteroatoms. The van der Waals surface area contributed by atoms with Crippen molar-refractivity contribution in [2.75, 3.05) is 13.7 Å². The summed E-state index contributed by atoms with van der Waals surface area (Å²) >= 11 is 0. The maximum Gasteiger partial charge on any atom is 0.541 e. The average Bonchev–Trinajstić information content (AvgIpc) is 2.04. The normalized spacial score (nSPS) is 10.4. The van der Waals surface area contributed by atoms with Crippen LogP contribution >= 0.6 is 0 Å². The summed E-state index contributed by atoms with van der Waals surface area (Å²) in [6, 6.07) is 0. The van der Waals surface area contributed by atoms with E-state index < -0.39 is 16.6 Å². The summed E-state index contributed by atoms with van der Waals surface area (Å²) < 4.78 is 4.08. The lowest BCUT2D eigenvalue weighted by molar-refractivity contribution is -0.829. The summed E-state index contributed by atoms with van der Waals surface area (Å²) in [4.78, 5) is 22.0. The van der Waals surface area contributed by atoms with Crippen molar-refractivity contribution in [3.05, 3.63) is 19.7 Å². The third-order valence-corrected chi connectivity index (χ3v) is 1.21. The van der Waals surface area contributed by atoms with Crippen LogP contribution in [0.5, 0.6) is 0 Å².